The summed E-state index contributed by atoms with van der Waals surface area (Å²) in [4.78, 5) is 2.62. The minimum atomic E-state index is 0.198. The second-order valence-electron chi connectivity index (χ2n) is 8.39. The first-order valence-electron chi connectivity index (χ1n) is 9.33. The van der Waals surface area contributed by atoms with Gasteiger partial charge in [-0.05, 0) is 60.3 Å². The Balaban J connectivity index is 1.70. The highest BCUT2D eigenvalue weighted by Gasteiger charge is 2.25. The highest BCUT2D eigenvalue weighted by molar-refractivity contribution is 5.58. The van der Waals surface area contributed by atoms with Gasteiger partial charge in [0.15, 0.2) is 0 Å². The van der Waals surface area contributed by atoms with Crippen molar-refractivity contribution in [3.63, 3.8) is 0 Å². The summed E-state index contributed by atoms with van der Waals surface area (Å²) in [6, 6.07) is 17.9. The Hall–Kier alpha value is -1.76. The molecule has 0 atom stereocenters. The van der Waals surface area contributed by atoms with E-state index in [0.29, 0.717) is 0 Å². The Morgan fingerprint density at radius 1 is 0.958 bits per heavy atom. The van der Waals surface area contributed by atoms with Crippen molar-refractivity contribution in [2.45, 2.75) is 52.4 Å². The fourth-order valence-electron chi connectivity index (χ4n) is 3.86. The largest absolute Gasteiger partial charge is 0.371 e. The molecule has 0 saturated carbocycles. The van der Waals surface area contributed by atoms with Crippen LogP contribution >= 0.6 is 0 Å². The van der Waals surface area contributed by atoms with E-state index in [2.05, 4.69) is 81.1 Å². The van der Waals surface area contributed by atoms with Crippen molar-refractivity contribution in [1.29, 1.82) is 0 Å². The predicted octanol–water partition coefficient (Wildman–Crippen LogP) is 5.75. The molecule has 0 radical (unpaired) electrons. The molecule has 0 aromatic heterocycles. The first kappa shape index (κ1) is 17.1. The molecule has 1 heterocycles. The average molecular weight is 322 g/mol. The number of anilines is 1. The maximum atomic E-state index is 2.62. The third-order valence-corrected chi connectivity index (χ3v) is 5.28. The Labute approximate surface area is 147 Å². The molecule has 1 aliphatic rings. The van der Waals surface area contributed by atoms with E-state index < -0.39 is 0 Å². The van der Waals surface area contributed by atoms with Crippen molar-refractivity contribution in [2.24, 2.45) is 5.92 Å². The zero-order chi connectivity index (χ0) is 17.2. The van der Waals surface area contributed by atoms with E-state index >= 15 is 0 Å². The monoisotopic (exact) mass is 321 g/mol. The molecule has 0 amide bonds. The van der Waals surface area contributed by atoms with Gasteiger partial charge in [-0.15, -0.1) is 0 Å². The molecule has 0 bridgehead atoms. The third-order valence-electron chi connectivity index (χ3n) is 5.28. The third kappa shape index (κ3) is 4.01. The van der Waals surface area contributed by atoms with Gasteiger partial charge >= 0.3 is 0 Å². The fourth-order valence-corrected chi connectivity index (χ4v) is 3.86. The molecule has 2 aromatic rings. The summed E-state index contributed by atoms with van der Waals surface area (Å²) in [5, 5.41) is 0. The molecule has 1 nitrogen and oxygen atoms in total. The number of hydrogen-bond acceptors (Lipinski definition) is 1. The number of rotatable bonds is 3. The van der Waals surface area contributed by atoms with Crippen molar-refractivity contribution in [3.8, 4) is 0 Å². The topological polar surface area (TPSA) is 3.24 Å². The van der Waals surface area contributed by atoms with Gasteiger partial charge in [0, 0.05) is 18.8 Å². The molecule has 1 fully saturated rings. The van der Waals surface area contributed by atoms with Crippen LogP contribution in [0, 0.1) is 12.8 Å². The molecule has 1 heteroatoms. The van der Waals surface area contributed by atoms with E-state index in [4.69, 9.17) is 0 Å². The molecular weight excluding hydrogens is 290 g/mol. The lowest BCUT2D eigenvalue weighted by molar-refractivity contribution is 0.402. The maximum Gasteiger partial charge on any atom is 0.0406 e. The van der Waals surface area contributed by atoms with Crippen LogP contribution in [0.2, 0.25) is 0 Å². The summed E-state index contributed by atoms with van der Waals surface area (Å²) >= 11 is 0. The van der Waals surface area contributed by atoms with Crippen LogP contribution in [0.3, 0.4) is 0 Å². The van der Waals surface area contributed by atoms with E-state index in [1.54, 1.807) is 0 Å². The van der Waals surface area contributed by atoms with Gasteiger partial charge in [0.25, 0.3) is 0 Å². The maximum absolute atomic E-state index is 2.62. The predicted molar refractivity (Wildman–Crippen MR) is 105 cm³/mol. The molecule has 0 unspecified atom stereocenters. The summed E-state index contributed by atoms with van der Waals surface area (Å²) in [7, 11) is 0. The van der Waals surface area contributed by atoms with E-state index in [1.165, 1.54) is 54.7 Å². The number of piperidine rings is 1. The summed E-state index contributed by atoms with van der Waals surface area (Å²) in [5.41, 5.74) is 5.99. The molecule has 2 aromatic carbocycles. The van der Waals surface area contributed by atoms with Crippen LogP contribution in [-0.2, 0) is 11.8 Å². The van der Waals surface area contributed by atoms with Gasteiger partial charge in [-0.2, -0.15) is 0 Å². The van der Waals surface area contributed by atoms with Crippen LogP contribution in [0.1, 0.15) is 50.3 Å². The highest BCUT2D eigenvalue weighted by atomic mass is 15.1. The summed E-state index contributed by atoms with van der Waals surface area (Å²) < 4.78 is 0. The number of hydrogen-bond donors (Lipinski definition) is 0. The molecule has 0 N–H and O–H groups in total. The van der Waals surface area contributed by atoms with E-state index in [-0.39, 0.29) is 5.41 Å². The van der Waals surface area contributed by atoms with E-state index in [9.17, 15) is 0 Å². The SMILES string of the molecule is Cc1ccc(C(C)(C)C)c(N2CCC(Cc3ccccc3)CC2)c1. The normalized spacial score (nSPS) is 16.4. The minimum Gasteiger partial charge on any atom is -0.371 e. The minimum absolute atomic E-state index is 0.198. The van der Waals surface area contributed by atoms with E-state index in [1.807, 2.05) is 0 Å². The van der Waals surface area contributed by atoms with Gasteiger partial charge in [0.05, 0.1) is 0 Å². The van der Waals surface area contributed by atoms with Gasteiger partial charge in [0.2, 0.25) is 0 Å². The Bertz CT molecular complexity index is 658. The smallest absolute Gasteiger partial charge is 0.0406 e. The lowest BCUT2D eigenvalue weighted by atomic mass is 9.83. The van der Waals surface area contributed by atoms with Gasteiger partial charge in [0.1, 0.15) is 0 Å². The van der Waals surface area contributed by atoms with Crippen LogP contribution in [0.25, 0.3) is 0 Å². The second-order valence-corrected chi connectivity index (χ2v) is 8.39. The molecule has 1 aliphatic heterocycles. The number of benzene rings is 2. The Morgan fingerprint density at radius 2 is 1.62 bits per heavy atom. The summed E-state index contributed by atoms with van der Waals surface area (Å²) in [6.07, 6.45) is 3.83. The van der Waals surface area contributed by atoms with Crippen molar-refractivity contribution in [2.75, 3.05) is 18.0 Å². The Kier molecular flexibility index (Phi) is 4.99. The summed E-state index contributed by atoms with van der Waals surface area (Å²) in [6.45, 7) is 11.5. The van der Waals surface area contributed by atoms with Crippen LogP contribution in [0.4, 0.5) is 5.69 Å². The molecule has 24 heavy (non-hydrogen) atoms. The van der Waals surface area contributed by atoms with Crippen molar-refractivity contribution in [3.05, 3.63) is 65.2 Å². The number of aryl methyl sites for hydroxylation is 1. The lowest BCUT2D eigenvalue weighted by Gasteiger charge is -2.37. The zero-order valence-corrected chi connectivity index (χ0v) is 15.7. The molecule has 0 spiro atoms. The second kappa shape index (κ2) is 7.01. The lowest BCUT2D eigenvalue weighted by Crippen LogP contribution is -2.36. The molecule has 128 valence electrons. The van der Waals surface area contributed by atoms with Crippen LogP contribution in [0.15, 0.2) is 48.5 Å². The van der Waals surface area contributed by atoms with Gasteiger partial charge in [-0.3, -0.25) is 0 Å². The van der Waals surface area contributed by atoms with Crippen LogP contribution < -0.4 is 4.90 Å². The van der Waals surface area contributed by atoms with Crippen molar-refractivity contribution in [1.82, 2.24) is 0 Å². The van der Waals surface area contributed by atoms with Gasteiger partial charge < -0.3 is 4.90 Å². The highest BCUT2D eigenvalue weighted by Crippen LogP contribution is 2.35. The quantitative estimate of drug-likeness (QED) is 0.695. The number of nitrogens with zero attached hydrogens (tertiary/aromatic N) is 1. The molecule has 0 aliphatic carbocycles. The first-order chi connectivity index (χ1) is 11.4. The van der Waals surface area contributed by atoms with Crippen LogP contribution in [-0.4, -0.2) is 13.1 Å². The van der Waals surface area contributed by atoms with E-state index in [0.717, 1.165) is 5.92 Å². The molecule has 3 rings (SSSR count). The average Bonchev–Trinajstić information content (AvgIpc) is 2.55. The summed E-state index contributed by atoms with van der Waals surface area (Å²) in [5.74, 6) is 0.826. The van der Waals surface area contributed by atoms with Gasteiger partial charge in [-0.25, -0.2) is 0 Å². The molecule has 1 saturated heterocycles. The first-order valence-corrected chi connectivity index (χ1v) is 9.33. The molecular formula is C23H31N. The standard InChI is InChI=1S/C23H31N/c1-18-10-11-21(23(2,3)4)22(16-18)24-14-12-20(13-15-24)17-19-8-6-5-7-9-19/h5-11,16,20H,12-15,17H2,1-4H3. The van der Waals surface area contributed by atoms with Crippen molar-refractivity contribution >= 4 is 5.69 Å². The zero-order valence-electron chi connectivity index (χ0n) is 15.7. The fraction of sp³-hybridized carbons (Fsp3) is 0.478. The Morgan fingerprint density at radius 3 is 2.25 bits per heavy atom. The van der Waals surface area contributed by atoms with Crippen LogP contribution in [0.5, 0.6) is 0 Å². The van der Waals surface area contributed by atoms with Crippen molar-refractivity contribution < 1.29 is 0 Å². The van der Waals surface area contributed by atoms with Gasteiger partial charge in [-0.1, -0.05) is 63.2 Å².